The Hall–Kier alpha value is -1.95. The lowest BCUT2D eigenvalue weighted by Gasteiger charge is -2.32. The molecule has 1 aromatic carbocycles. The number of carboxylic acid groups (broad SMARTS) is 2. The van der Waals surface area contributed by atoms with Crippen LogP contribution in [0.15, 0.2) is 41.5 Å². The average molecular weight is 383 g/mol. The molecule has 23 heavy (non-hydrogen) atoms. The summed E-state index contributed by atoms with van der Waals surface area (Å²) >= 11 is 3.28. The highest BCUT2D eigenvalue weighted by Gasteiger charge is 2.43. The third-order valence-electron chi connectivity index (χ3n) is 4.10. The predicted octanol–water partition coefficient (Wildman–Crippen LogP) is 3.45. The van der Waals surface area contributed by atoms with Gasteiger partial charge < -0.3 is 10.2 Å². The van der Waals surface area contributed by atoms with Crippen LogP contribution in [0.25, 0.3) is 0 Å². The number of halogens is 2. The molecule has 0 saturated heterocycles. The van der Waals surface area contributed by atoms with E-state index in [0.717, 1.165) is 0 Å². The van der Waals surface area contributed by atoms with E-state index < -0.39 is 23.2 Å². The van der Waals surface area contributed by atoms with Gasteiger partial charge in [0.05, 0.1) is 0 Å². The summed E-state index contributed by atoms with van der Waals surface area (Å²) in [5.74, 6) is -2.74. The molecule has 122 valence electrons. The zero-order valence-electron chi connectivity index (χ0n) is 12.5. The first kappa shape index (κ1) is 17.4. The lowest BCUT2D eigenvalue weighted by atomic mass is 9.70. The standard InChI is InChI=1S/C17H16BrFO4/c1-10-4-6-17(16(22)23,9-13(10)15(20)21)14-3-2-12(19)8-11(14)5-7-18/h2-4,6,8H,5,7,9H2,1H3,(H,20,21)(H,22,23). The van der Waals surface area contributed by atoms with Crippen LogP contribution in [0.5, 0.6) is 0 Å². The number of benzene rings is 1. The topological polar surface area (TPSA) is 74.6 Å². The molecule has 1 aliphatic carbocycles. The zero-order chi connectivity index (χ0) is 17.2. The molecule has 2 N–H and O–H groups in total. The first-order valence-corrected chi connectivity index (χ1v) is 8.14. The number of aryl methyl sites for hydroxylation is 1. The number of hydrogen-bond acceptors (Lipinski definition) is 2. The van der Waals surface area contributed by atoms with Crippen LogP contribution in [0.3, 0.4) is 0 Å². The van der Waals surface area contributed by atoms with Crippen LogP contribution in [0.2, 0.25) is 0 Å². The second-order valence-electron chi connectivity index (χ2n) is 5.49. The average Bonchev–Trinajstić information content (AvgIpc) is 2.48. The lowest BCUT2D eigenvalue weighted by Crippen LogP contribution is -2.38. The summed E-state index contributed by atoms with van der Waals surface area (Å²) in [5, 5.41) is 19.7. The normalized spacial score (nSPS) is 20.7. The maximum atomic E-state index is 13.5. The minimum Gasteiger partial charge on any atom is -0.480 e. The molecule has 0 spiro atoms. The molecule has 0 amide bonds. The van der Waals surface area contributed by atoms with E-state index in [1.54, 1.807) is 6.92 Å². The lowest BCUT2D eigenvalue weighted by molar-refractivity contribution is -0.142. The van der Waals surface area contributed by atoms with E-state index in [1.165, 1.54) is 30.4 Å². The molecule has 4 nitrogen and oxygen atoms in total. The van der Waals surface area contributed by atoms with Crippen LogP contribution in [-0.4, -0.2) is 27.5 Å². The molecule has 0 aliphatic heterocycles. The summed E-state index contributed by atoms with van der Waals surface area (Å²) in [7, 11) is 0. The fourth-order valence-corrected chi connectivity index (χ4v) is 3.27. The summed E-state index contributed by atoms with van der Waals surface area (Å²) in [6.07, 6.45) is 3.30. The van der Waals surface area contributed by atoms with Gasteiger partial charge in [-0.2, -0.15) is 0 Å². The van der Waals surface area contributed by atoms with Crippen molar-refractivity contribution in [1.29, 1.82) is 0 Å². The third kappa shape index (κ3) is 3.22. The van der Waals surface area contributed by atoms with Crippen molar-refractivity contribution in [3.63, 3.8) is 0 Å². The quantitative estimate of drug-likeness (QED) is 0.764. The summed E-state index contributed by atoms with van der Waals surface area (Å²) in [6.45, 7) is 1.63. The second kappa shape index (κ2) is 6.66. The number of rotatable bonds is 5. The van der Waals surface area contributed by atoms with Gasteiger partial charge in [-0.05, 0) is 42.2 Å². The highest BCUT2D eigenvalue weighted by molar-refractivity contribution is 9.09. The Morgan fingerprint density at radius 2 is 2.04 bits per heavy atom. The highest BCUT2D eigenvalue weighted by Crippen LogP contribution is 2.40. The van der Waals surface area contributed by atoms with E-state index in [0.29, 0.717) is 28.5 Å². The van der Waals surface area contributed by atoms with Crippen LogP contribution in [0.4, 0.5) is 4.39 Å². The minimum absolute atomic E-state index is 0.0593. The number of carboxylic acids is 2. The van der Waals surface area contributed by atoms with Crippen LogP contribution >= 0.6 is 15.9 Å². The zero-order valence-corrected chi connectivity index (χ0v) is 14.1. The van der Waals surface area contributed by atoms with Gasteiger partial charge in [-0.1, -0.05) is 34.1 Å². The van der Waals surface area contributed by atoms with Gasteiger partial charge in [-0.3, -0.25) is 4.79 Å². The van der Waals surface area contributed by atoms with E-state index in [4.69, 9.17) is 0 Å². The summed E-state index contributed by atoms with van der Waals surface area (Å²) in [4.78, 5) is 23.4. The Morgan fingerprint density at radius 3 is 2.61 bits per heavy atom. The highest BCUT2D eigenvalue weighted by atomic mass is 79.9. The Bertz CT molecular complexity index is 723. The van der Waals surface area contributed by atoms with Crippen LogP contribution < -0.4 is 0 Å². The molecule has 2 rings (SSSR count). The van der Waals surface area contributed by atoms with E-state index in [9.17, 15) is 24.2 Å². The van der Waals surface area contributed by atoms with E-state index in [1.807, 2.05) is 0 Å². The van der Waals surface area contributed by atoms with Crippen molar-refractivity contribution in [3.05, 3.63) is 58.4 Å². The molecule has 1 aromatic rings. The molecule has 6 heteroatoms. The molecule has 0 radical (unpaired) electrons. The largest absolute Gasteiger partial charge is 0.480 e. The Kier molecular flexibility index (Phi) is 5.04. The molecule has 0 bridgehead atoms. The Labute approximate surface area is 141 Å². The van der Waals surface area contributed by atoms with Crippen molar-refractivity contribution in [2.75, 3.05) is 5.33 Å². The van der Waals surface area contributed by atoms with Gasteiger partial charge in [0.1, 0.15) is 11.2 Å². The fourth-order valence-electron chi connectivity index (χ4n) is 2.84. The number of alkyl halides is 1. The molecule has 0 fully saturated rings. The second-order valence-corrected chi connectivity index (χ2v) is 6.29. The first-order chi connectivity index (χ1) is 10.8. The summed E-state index contributed by atoms with van der Waals surface area (Å²) in [6, 6.07) is 3.95. The maximum Gasteiger partial charge on any atom is 0.331 e. The number of aliphatic carboxylic acids is 2. The van der Waals surface area contributed by atoms with Crippen molar-refractivity contribution in [3.8, 4) is 0 Å². The van der Waals surface area contributed by atoms with E-state index in [-0.39, 0.29) is 12.0 Å². The van der Waals surface area contributed by atoms with E-state index >= 15 is 0 Å². The van der Waals surface area contributed by atoms with Gasteiger partial charge in [0.25, 0.3) is 0 Å². The van der Waals surface area contributed by atoms with Gasteiger partial charge in [0.15, 0.2) is 0 Å². The number of hydrogen-bond donors (Lipinski definition) is 2. The monoisotopic (exact) mass is 382 g/mol. The van der Waals surface area contributed by atoms with Crippen LogP contribution in [0.1, 0.15) is 24.5 Å². The van der Waals surface area contributed by atoms with Crippen LogP contribution in [0, 0.1) is 5.82 Å². The van der Waals surface area contributed by atoms with Crippen molar-refractivity contribution in [1.82, 2.24) is 0 Å². The van der Waals surface area contributed by atoms with Gasteiger partial charge in [-0.15, -0.1) is 0 Å². The molecule has 0 aromatic heterocycles. The predicted molar refractivity (Wildman–Crippen MR) is 87.3 cm³/mol. The molecule has 0 heterocycles. The van der Waals surface area contributed by atoms with Crippen molar-refractivity contribution in [2.45, 2.75) is 25.2 Å². The van der Waals surface area contributed by atoms with Crippen molar-refractivity contribution in [2.24, 2.45) is 0 Å². The fraction of sp³-hybridized carbons (Fsp3) is 0.294. The molecule has 0 saturated carbocycles. The van der Waals surface area contributed by atoms with Gasteiger partial charge in [0, 0.05) is 17.3 Å². The molecular formula is C17H16BrFO4. The van der Waals surface area contributed by atoms with Crippen molar-refractivity contribution < 1.29 is 24.2 Å². The van der Waals surface area contributed by atoms with Crippen LogP contribution in [-0.2, 0) is 21.4 Å². The SMILES string of the molecule is CC1=C(C(=O)O)CC(C(=O)O)(c2ccc(F)cc2CCBr)C=C1. The minimum atomic E-state index is -1.50. The maximum absolute atomic E-state index is 13.5. The third-order valence-corrected chi connectivity index (χ3v) is 4.50. The van der Waals surface area contributed by atoms with Gasteiger partial charge >= 0.3 is 11.9 Å². The number of allylic oxidation sites excluding steroid dienone is 2. The molecule has 1 atom stereocenters. The number of carbonyl (C=O) groups is 2. The molecular weight excluding hydrogens is 367 g/mol. The first-order valence-electron chi connectivity index (χ1n) is 7.02. The molecule has 1 aliphatic rings. The molecule has 1 unspecified atom stereocenters. The Balaban J connectivity index is 2.64. The summed E-state index contributed by atoms with van der Waals surface area (Å²) in [5.41, 5.74) is 0.0624. The van der Waals surface area contributed by atoms with E-state index in [2.05, 4.69) is 15.9 Å². The summed E-state index contributed by atoms with van der Waals surface area (Å²) < 4.78 is 13.5. The Morgan fingerprint density at radius 1 is 1.35 bits per heavy atom. The van der Waals surface area contributed by atoms with Gasteiger partial charge in [-0.25, -0.2) is 9.18 Å². The van der Waals surface area contributed by atoms with Crippen molar-refractivity contribution >= 4 is 27.9 Å². The van der Waals surface area contributed by atoms with Gasteiger partial charge in [0.2, 0.25) is 0 Å². The smallest absolute Gasteiger partial charge is 0.331 e.